The Morgan fingerprint density at radius 3 is 2.70 bits per heavy atom. The quantitative estimate of drug-likeness (QED) is 0.408. The molecule has 1 saturated carbocycles. The molecule has 9 heteroatoms. The molecule has 3 aromatic rings. The van der Waals surface area contributed by atoms with Crippen molar-refractivity contribution in [3.8, 4) is 23.1 Å². The van der Waals surface area contributed by atoms with E-state index in [0.29, 0.717) is 17.6 Å². The van der Waals surface area contributed by atoms with E-state index >= 15 is 0 Å². The number of hydrogen-bond acceptors (Lipinski definition) is 6. The van der Waals surface area contributed by atoms with Crippen LogP contribution in [0.4, 0.5) is 8.78 Å². The van der Waals surface area contributed by atoms with Gasteiger partial charge in [0, 0.05) is 11.8 Å². The standard InChI is InChI=1S/C21H23F2N3O3S/c1-27-18-12-14(9-10-16(18)29-20(22)23)13-30-21-25-24-19(17-8-5-11-28-17)26(21)15-6-3-2-4-7-15/h5,8-12,15,20H,2-4,6-7,13H2,1H3. The van der Waals surface area contributed by atoms with Crippen LogP contribution < -0.4 is 9.47 Å². The second kappa shape index (κ2) is 9.51. The van der Waals surface area contributed by atoms with E-state index in [1.54, 1.807) is 30.2 Å². The Hall–Kier alpha value is -2.55. The lowest BCUT2D eigenvalue weighted by molar-refractivity contribution is -0.0512. The number of aromatic nitrogens is 3. The van der Waals surface area contributed by atoms with Crippen LogP contribution in [0.15, 0.2) is 46.2 Å². The highest BCUT2D eigenvalue weighted by Crippen LogP contribution is 2.37. The molecule has 1 fully saturated rings. The number of benzene rings is 1. The van der Waals surface area contributed by atoms with Crippen LogP contribution >= 0.6 is 11.8 Å². The highest BCUT2D eigenvalue weighted by atomic mass is 32.2. The third-order valence-electron chi connectivity index (χ3n) is 5.16. The summed E-state index contributed by atoms with van der Waals surface area (Å²) in [6.07, 6.45) is 7.45. The molecule has 0 amide bonds. The second-order valence-electron chi connectivity index (χ2n) is 7.10. The molecule has 1 aliphatic carbocycles. The van der Waals surface area contributed by atoms with Gasteiger partial charge in [0.2, 0.25) is 5.82 Å². The van der Waals surface area contributed by atoms with Crippen LogP contribution in [0.25, 0.3) is 11.6 Å². The Bertz CT molecular complexity index is 957. The monoisotopic (exact) mass is 435 g/mol. The smallest absolute Gasteiger partial charge is 0.387 e. The molecular weight excluding hydrogens is 412 g/mol. The van der Waals surface area contributed by atoms with Crippen molar-refractivity contribution in [3.05, 3.63) is 42.2 Å². The number of alkyl halides is 2. The molecule has 30 heavy (non-hydrogen) atoms. The number of rotatable bonds is 8. The van der Waals surface area contributed by atoms with E-state index in [0.717, 1.165) is 29.4 Å². The molecule has 1 aliphatic rings. The number of ether oxygens (including phenoxy) is 2. The van der Waals surface area contributed by atoms with Gasteiger partial charge in [-0.2, -0.15) is 8.78 Å². The van der Waals surface area contributed by atoms with E-state index in [4.69, 9.17) is 9.15 Å². The highest BCUT2D eigenvalue weighted by Gasteiger charge is 2.25. The third-order valence-corrected chi connectivity index (χ3v) is 6.17. The summed E-state index contributed by atoms with van der Waals surface area (Å²) in [5.41, 5.74) is 0.913. The molecule has 0 N–H and O–H groups in total. The molecule has 0 radical (unpaired) electrons. The van der Waals surface area contributed by atoms with Crippen LogP contribution in [0.2, 0.25) is 0 Å². The highest BCUT2D eigenvalue weighted by molar-refractivity contribution is 7.98. The van der Waals surface area contributed by atoms with E-state index in [9.17, 15) is 8.78 Å². The van der Waals surface area contributed by atoms with Crippen molar-refractivity contribution in [1.29, 1.82) is 0 Å². The molecule has 0 bridgehead atoms. The Morgan fingerprint density at radius 2 is 2.00 bits per heavy atom. The van der Waals surface area contributed by atoms with E-state index < -0.39 is 6.61 Å². The Morgan fingerprint density at radius 1 is 1.17 bits per heavy atom. The molecule has 2 heterocycles. The summed E-state index contributed by atoms with van der Waals surface area (Å²) in [6, 6.07) is 9.04. The van der Waals surface area contributed by atoms with Crippen LogP contribution in [0.1, 0.15) is 43.7 Å². The zero-order chi connectivity index (χ0) is 20.9. The number of halogens is 2. The summed E-state index contributed by atoms with van der Waals surface area (Å²) in [5, 5.41) is 9.64. The van der Waals surface area contributed by atoms with Crippen molar-refractivity contribution >= 4 is 11.8 Å². The SMILES string of the molecule is COc1cc(CSc2nnc(-c3ccco3)n2C2CCCCC2)ccc1OC(F)F. The van der Waals surface area contributed by atoms with E-state index in [1.165, 1.54) is 32.4 Å². The molecule has 0 spiro atoms. The van der Waals surface area contributed by atoms with Gasteiger partial charge in [-0.05, 0) is 42.7 Å². The summed E-state index contributed by atoms with van der Waals surface area (Å²) >= 11 is 1.55. The number of nitrogens with zero attached hydrogens (tertiary/aromatic N) is 3. The first kappa shape index (κ1) is 20.7. The first-order valence-electron chi connectivity index (χ1n) is 9.89. The van der Waals surface area contributed by atoms with E-state index in [2.05, 4.69) is 19.5 Å². The van der Waals surface area contributed by atoms with E-state index in [-0.39, 0.29) is 11.5 Å². The zero-order valence-corrected chi connectivity index (χ0v) is 17.4. The van der Waals surface area contributed by atoms with Gasteiger partial charge in [0.25, 0.3) is 0 Å². The molecule has 2 aromatic heterocycles. The van der Waals surface area contributed by atoms with E-state index in [1.807, 2.05) is 12.1 Å². The molecule has 1 aromatic carbocycles. The van der Waals surface area contributed by atoms with Gasteiger partial charge in [0.1, 0.15) is 0 Å². The molecule has 0 aliphatic heterocycles. The van der Waals surface area contributed by atoms with Gasteiger partial charge in [-0.3, -0.25) is 4.57 Å². The van der Waals surface area contributed by atoms with Crippen molar-refractivity contribution in [2.24, 2.45) is 0 Å². The minimum absolute atomic E-state index is 0.0201. The van der Waals surface area contributed by atoms with Crippen molar-refractivity contribution < 1.29 is 22.7 Å². The lowest BCUT2D eigenvalue weighted by atomic mass is 9.95. The fraction of sp³-hybridized carbons (Fsp3) is 0.429. The van der Waals surface area contributed by atoms with Gasteiger partial charge < -0.3 is 13.9 Å². The average molecular weight is 435 g/mol. The zero-order valence-electron chi connectivity index (χ0n) is 16.6. The topological polar surface area (TPSA) is 62.3 Å². The number of methoxy groups -OCH3 is 1. The minimum atomic E-state index is -2.90. The Kier molecular flexibility index (Phi) is 6.56. The molecule has 0 unspecified atom stereocenters. The van der Waals surface area contributed by atoms with Gasteiger partial charge in [0.15, 0.2) is 22.4 Å². The average Bonchev–Trinajstić information content (AvgIpc) is 3.43. The van der Waals surface area contributed by atoms with Crippen molar-refractivity contribution in [3.63, 3.8) is 0 Å². The molecular formula is C21H23F2N3O3S. The number of furan rings is 1. The first-order valence-corrected chi connectivity index (χ1v) is 10.9. The predicted molar refractivity (Wildman–Crippen MR) is 109 cm³/mol. The predicted octanol–water partition coefficient (Wildman–Crippen LogP) is 5.95. The Labute approximate surface area is 177 Å². The van der Waals surface area contributed by atoms with Crippen LogP contribution in [-0.2, 0) is 5.75 Å². The minimum Gasteiger partial charge on any atom is -0.493 e. The van der Waals surface area contributed by atoms with Gasteiger partial charge in [-0.25, -0.2) is 0 Å². The molecule has 6 nitrogen and oxygen atoms in total. The Balaban J connectivity index is 1.56. The summed E-state index contributed by atoms with van der Waals surface area (Å²) in [4.78, 5) is 0. The van der Waals surface area contributed by atoms with Crippen molar-refractivity contribution in [1.82, 2.24) is 14.8 Å². The van der Waals surface area contributed by atoms with Gasteiger partial charge >= 0.3 is 6.61 Å². The van der Waals surface area contributed by atoms with Crippen molar-refractivity contribution in [2.75, 3.05) is 7.11 Å². The van der Waals surface area contributed by atoms with Gasteiger partial charge in [-0.1, -0.05) is 37.1 Å². The number of thioether (sulfide) groups is 1. The molecule has 0 atom stereocenters. The lowest BCUT2D eigenvalue weighted by Gasteiger charge is -2.25. The lowest BCUT2D eigenvalue weighted by Crippen LogP contribution is -2.15. The fourth-order valence-corrected chi connectivity index (χ4v) is 4.71. The maximum Gasteiger partial charge on any atom is 0.387 e. The normalized spacial score (nSPS) is 14.9. The first-order chi connectivity index (χ1) is 14.7. The van der Waals surface area contributed by atoms with Crippen molar-refractivity contribution in [2.45, 2.75) is 55.7 Å². The van der Waals surface area contributed by atoms with Crippen LogP contribution in [-0.4, -0.2) is 28.5 Å². The maximum atomic E-state index is 12.5. The summed E-state index contributed by atoms with van der Waals surface area (Å²) in [7, 11) is 1.43. The molecule has 160 valence electrons. The second-order valence-corrected chi connectivity index (χ2v) is 8.04. The number of hydrogen-bond donors (Lipinski definition) is 0. The van der Waals surface area contributed by atoms with Crippen LogP contribution in [0, 0.1) is 0 Å². The van der Waals surface area contributed by atoms with Crippen LogP contribution in [0.3, 0.4) is 0 Å². The summed E-state index contributed by atoms with van der Waals surface area (Å²) in [6.45, 7) is -2.90. The van der Waals surface area contributed by atoms with Crippen LogP contribution in [0.5, 0.6) is 11.5 Å². The summed E-state index contributed by atoms with van der Waals surface area (Å²) in [5.74, 6) is 2.34. The molecule has 0 saturated heterocycles. The summed E-state index contributed by atoms with van der Waals surface area (Å²) < 4.78 is 42.5. The maximum absolute atomic E-state index is 12.5. The fourth-order valence-electron chi connectivity index (χ4n) is 3.76. The van der Waals surface area contributed by atoms with Gasteiger partial charge in [-0.15, -0.1) is 10.2 Å². The van der Waals surface area contributed by atoms with Gasteiger partial charge in [0.05, 0.1) is 13.4 Å². The third kappa shape index (κ3) is 4.61. The molecule has 4 rings (SSSR count). The largest absolute Gasteiger partial charge is 0.493 e.